The van der Waals surface area contributed by atoms with Gasteiger partial charge in [0.05, 0.1) is 36.8 Å². The number of hydrogen-bond acceptors (Lipinski definition) is 9. The summed E-state index contributed by atoms with van der Waals surface area (Å²) in [6.45, 7) is 7.35. The van der Waals surface area contributed by atoms with Crippen LogP contribution >= 0.6 is 0 Å². The lowest BCUT2D eigenvalue weighted by atomic mass is 10.0. The number of amides is 1. The monoisotopic (exact) mass is 551 g/mol. The number of halogens is 2. The second-order valence-corrected chi connectivity index (χ2v) is 9.58. The molecule has 0 bridgehead atoms. The molecule has 2 aliphatic rings. The highest BCUT2D eigenvalue weighted by Crippen LogP contribution is 2.40. The van der Waals surface area contributed by atoms with Crippen molar-refractivity contribution < 1.29 is 23.1 Å². The lowest BCUT2D eigenvalue weighted by molar-refractivity contribution is -0.111. The number of aromatic nitrogens is 2. The Morgan fingerprint density at radius 1 is 1.10 bits per heavy atom. The van der Waals surface area contributed by atoms with Crippen molar-refractivity contribution in [2.75, 3.05) is 67.5 Å². The SMILES string of the molecule is C=CC(=O)Nc1cc(Nc2cc(N3OCCC3c3ccc(F)c(F)c3)ncn2)c(OC)cc1N1CCN(C)CC1. The first-order valence-corrected chi connectivity index (χ1v) is 12.9. The third-order valence-electron chi connectivity index (χ3n) is 6.98. The molecule has 10 nitrogen and oxygen atoms in total. The number of carbonyl (C=O) groups excluding carboxylic acids is 1. The van der Waals surface area contributed by atoms with E-state index in [2.05, 4.69) is 44.0 Å². The zero-order valence-corrected chi connectivity index (χ0v) is 22.4. The highest BCUT2D eigenvalue weighted by molar-refractivity contribution is 6.02. The van der Waals surface area contributed by atoms with E-state index < -0.39 is 11.6 Å². The lowest BCUT2D eigenvalue weighted by Crippen LogP contribution is -2.44. The van der Waals surface area contributed by atoms with E-state index in [1.54, 1.807) is 24.3 Å². The maximum absolute atomic E-state index is 13.9. The first kappa shape index (κ1) is 27.3. The molecule has 2 N–H and O–H groups in total. The third-order valence-corrected chi connectivity index (χ3v) is 6.98. The molecule has 2 aromatic carbocycles. The minimum Gasteiger partial charge on any atom is -0.494 e. The Morgan fingerprint density at radius 3 is 2.62 bits per heavy atom. The fraction of sp³-hybridized carbons (Fsp3) is 0.321. The van der Waals surface area contributed by atoms with Gasteiger partial charge >= 0.3 is 0 Å². The Bertz CT molecular complexity index is 1400. The Kier molecular flexibility index (Phi) is 8.08. The van der Waals surface area contributed by atoms with Crippen molar-refractivity contribution in [1.29, 1.82) is 0 Å². The molecule has 2 saturated heterocycles. The van der Waals surface area contributed by atoms with E-state index in [9.17, 15) is 13.6 Å². The zero-order valence-electron chi connectivity index (χ0n) is 22.4. The van der Waals surface area contributed by atoms with Crippen LogP contribution in [0.15, 0.2) is 55.4 Å². The van der Waals surface area contributed by atoms with Gasteiger partial charge in [0.25, 0.3) is 0 Å². The smallest absolute Gasteiger partial charge is 0.247 e. The normalized spacial score (nSPS) is 17.6. The summed E-state index contributed by atoms with van der Waals surface area (Å²) in [6.07, 6.45) is 3.18. The van der Waals surface area contributed by atoms with Crippen LogP contribution in [0, 0.1) is 11.6 Å². The summed E-state index contributed by atoms with van der Waals surface area (Å²) >= 11 is 0. The fourth-order valence-corrected chi connectivity index (χ4v) is 4.82. The van der Waals surface area contributed by atoms with E-state index in [-0.39, 0.29) is 11.9 Å². The average molecular weight is 552 g/mol. The molecule has 3 aromatic rings. The highest BCUT2D eigenvalue weighted by Gasteiger charge is 2.30. The van der Waals surface area contributed by atoms with Crippen LogP contribution < -0.4 is 25.3 Å². The van der Waals surface area contributed by atoms with Crippen LogP contribution in [-0.2, 0) is 9.63 Å². The quantitative estimate of drug-likeness (QED) is 0.398. The van der Waals surface area contributed by atoms with Gasteiger partial charge in [0.2, 0.25) is 5.91 Å². The number of rotatable bonds is 8. The Morgan fingerprint density at radius 2 is 1.90 bits per heavy atom. The van der Waals surface area contributed by atoms with Gasteiger partial charge in [0.1, 0.15) is 17.9 Å². The van der Waals surface area contributed by atoms with E-state index >= 15 is 0 Å². The lowest BCUT2D eigenvalue weighted by Gasteiger charge is -2.35. The fourth-order valence-electron chi connectivity index (χ4n) is 4.82. The second-order valence-electron chi connectivity index (χ2n) is 9.58. The number of nitrogens with zero attached hydrogens (tertiary/aromatic N) is 5. The molecule has 5 rings (SSSR count). The maximum atomic E-state index is 13.9. The van der Waals surface area contributed by atoms with Crippen molar-refractivity contribution >= 4 is 34.6 Å². The number of ether oxygens (including phenoxy) is 1. The van der Waals surface area contributed by atoms with E-state index in [1.165, 1.54) is 24.5 Å². The maximum Gasteiger partial charge on any atom is 0.247 e. The van der Waals surface area contributed by atoms with Crippen molar-refractivity contribution in [3.63, 3.8) is 0 Å². The number of methoxy groups -OCH3 is 1. The summed E-state index contributed by atoms with van der Waals surface area (Å²) in [6, 6.07) is 8.84. The number of nitrogens with one attached hydrogen (secondary N) is 2. The van der Waals surface area contributed by atoms with Gasteiger partial charge in [-0.3, -0.25) is 9.63 Å². The number of likely N-dealkylation sites (N-methyl/N-ethyl adjacent to an activating group) is 1. The molecule has 12 heteroatoms. The van der Waals surface area contributed by atoms with Gasteiger partial charge in [-0.1, -0.05) is 12.6 Å². The summed E-state index contributed by atoms with van der Waals surface area (Å²) in [5.74, 6) is -0.706. The number of hydrogen-bond donors (Lipinski definition) is 2. The van der Waals surface area contributed by atoms with Crippen molar-refractivity contribution in [1.82, 2.24) is 14.9 Å². The highest BCUT2D eigenvalue weighted by atomic mass is 19.2. The van der Waals surface area contributed by atoms with Gasteiger partial charge in [-0.05, 0) is 36.9 Å². The van der Waals surface area contributed by atoms with Gasteiger partial charge < -0.3 is 25.2 Å². The molecule has 2 fully saturated rings. The molecule has 0 saturated carbocycles. The number of benzene rings is 2. The molecule has 0 aliphatic carbocycles. The summed E-state index contributed by atoms with van der Waals surface area (Å²) in [5, 5.41) is 7.74. The molecule has 3 heterocycles. The molecule has 0 radical (unpaired) electrons. The molecule has 1 atom stereocenters. The Balaban J connectivity index is 1.44. The molecular weight excluding hydrogens is 520 g/mol. The summed E-state index contributed by atoms with van der Waals surface area (Å²) in [4.78, 5) is 31.2. The van der Waals surface area contributed by atoms with E-state index in [0.29, 0.717) is 47.4 Å². The molecule has 40 heavy (non-hydrogen) atoms. The molecule has 210 valence electrons. The Hall–Kier alpha value is -4.29. The van der Waals surface area contributed by atoms with Gasteiger partial charge in [-0.25, -0.2) is 23.8 Å². The van der Waals surface area contributed by atoms with Crippen molar-refractivity contribution in [2.45, 2.75) is 12.5 Å². The topological polar surface area (TPSA) is 95.1 Å². The van der Waals surface area contributed by atoms with E-state index in [4.69, 9.17) is 9.57 Å². The minimum atomic E-state index is -0.916. The molecule has 0 spiro atoms. The van der Waals surface area contributed by atoms with Crippen LogP contribution in [0.2, 0.25) is 0 Å². The van der Waals surface area contributed by atoms with Crippen molar-refractivity contribution in [2.24, 2.45) is 0 Å². The first-order valence-electron chi connectivity index (χ1n) is 12.9. The number of piperazine rings is 1. The standard InChI is InChI=1S/C28H31F2N7O3/c1-4-28(38)34-21-14-22(25(39-3)15-24(21)36-10-8-35(2)9-11-36)33-26-16-27(32-17-31-26)37-23(7-12-40-37)18-5-6-19(29)20(30)13-18/h4-6,13-17,23H,1,7-12H2,2-3H3,(H,34,38)(H,31,32,33). The van der Waals surface area contributed by atoms with E-state index in [0.717, 1.165) is 37.9 Å². The van der Waals surface area contributed by atoms with Crippen LogP contribution in [0.1, 0.15) is 18.0 Å². The summed E-state index contributed by atoms with van der Waals surface area (Å²) in [5.41, 5.74) is 2.60. The minimum absolute atomic E-state index is 0.328. The molecule has 1 aromatic heterocycles. The molecule has 2 aliphatic heterocycles. The molecular formula is C28H31F2N7O3. The van der Waals surface area contributed by atoms with Gasteiger partial charge in [0, 0.05) is 44.7 Å². The predicted molar refractivity (Wildman–Crippen MR) is 149 cm³/mol. The Labute approximate surface area is 231 Å². The van der Waals surface area contributed by atoms with Gasteiger partial charge in [0.15, 0.2) is 17.5 Å². The van der Waals surface area contributed by atoms with Crippen molar-refractivity contribution in [3.05, 3.63) is 72.6 Å². The average Bonchev–Trinajstić information content (AvgIpc) is 3.45. The largest absolute Gasteiger partial charge is 0.494 e. The van der Waals surface area contributed by atoms with Gasteiger partial charge in [-0.15, -0.1) is 0 Å². The molecule has 1 unspecified atom stereocenters. The van der Waals surface area contributed by atoms with E-state index in [1.807, 2.05) is 6.07 Å². The summed E-state index contributed by atoms with van der Waals surface area (Å²) < 4.78 is 33.1. The van der Waals surface area contributed by atoms with Crippen LogP contribution in [0.3, 0.4) is 0 Å². The van der Waals surface area contributed by atoms with Crippen LogP contribution in [0.5, 0.6) is 5.75 Å². The number of carbonyl (C=O) groups is 1. The summed E-state index contributed by atoms with van der Waals surface area (Å²) in [7, 11) is 3.65. The first-order chi connectivity index (χ1) is 19.4. The predicted octanol–water partition coefficient (Wildman–Crippen LogP) is 4.27. The zero-order chi connectivity index (χ0) is 28.2. The van der Waals surface area contributed by atoms with Gasteiger partial charge in [-0.2, -0.15) is 0 Å². The number of anilines is 5. The third kappa shape index (κ3) is 5.82. The van der Waals surface area contributed by atoms with Crippen LogP contribution in [-0.4, -0.2) is 67.7 Å². The van der Waals surface area contributed by atoms with Crippen LogP contribution in [0.25, 0.3) is 0 Å². The van der Waals surface area contributed by atoms with Crippen molar-refractivity contribution in [3.8, 4) is 5.75 Å². The second kappa shape index (κ2) is 11.8. The molecule has 1 amide bonds. The number of hydroxylamine groups is 1. The van der Waals surface area contributed by atoms with Crippen LogP contribution in [0.4, 0.5) is 37.5 Å².